The van der Waals surface area contributed by atoms with Crippen LogP contribution in [0.4, 0.5) is 14.9 Å². The van der Waals surface area contributed by atoms with Crippen LogP contribution in [-0.2, 0) is 4.74 Å². The van der Waals surface area contributed by atoms with E-state index in [0.717, 1.165) is 12.0 Å². The van der Waals surface area contributed by atoms with Crippen molar-refractivity contribution in [2.24, 2.45) is 5.73 Å². The molecule has 0 aromatic heterocycles. The molecule has 3 amide bonds. The van der Waals surface area contributed by atoms with E-state index >= 15 is 0 Å². The van der Waals surface area contributed by atoms with Crippen molar-refractivity contribution in [1.29, 1.82) is 0 Å². The molecule has 35 heavy (non-hydrogen) atoms. The lowest BCUT2D eigenvalue weighted by Crippen LogP contribution is -2.50. The number of benzene rings is 2. The molecule has 184 valence electrons. The van der Waals surface area contributed by atoms with E-state index in [2.05, 4.69) is 5.32 Å². The summed E-state index contributed by atoms with van der Waals surface area (Å²) in [6.45, 7) is 3.92. The maximum Gasteiger partial charge on any atom is 0.409 e. The Hall–Kier alpha value is -3.59. The van der Waals surface area contributed by atoms with Crippen LogP contribution in [0.5, 0.6) is 0 Å². The van der Waals surface area contributed by atoms with Crippen LogP contribution in [-0.4, -0.2) is 60.5 Å². The number of nitrogens with one attached hydrogen (secondary N) is 1. The Labute approximate surface area is 207 Å². The van der Waals surface area contributed by atoms with Crippen LogP contribution >= 0.6 is 11.6 Å². The number of hydrogen-bond acceptors (Lipinski definition) is 5. The summed E-state index contributed by atoms with van der Waals surface area (Å²) in [5, 5.41) is 3.76. The molecule has 2 aromatic rings. The van der Waals surface area contributed by atoms with Crippen molar-refractivity contribution in [3.63, 3.8) is 0 Å². The van der Waals surface area contributed by atoms with Gasteiger partial charge in [0, 0.05) is 48.0 Å². The summed E-state index contributed by atoms with van der Waals surface area (Å²) in [4.78, 5) is 40.0. The number of anilines is 1. The van der Waals surface area contributed by atoms with Crippen LogP contribution < -0.4 is 11.1 Å². The molecule has 4 rings (SSSR count). The lowest BCUT2D eigenvalue weighted by molar-refractivity contribution is 0.0560. The third-order valence-corrected chi connectivity index (χ3v) is 6.35. The van der Waals surface area contributed by atoms with Gasteiger partial charge in [-0.15, -0.1) is 0 Å². The van der Waals surface area contributed by atoms with E-state index in [1.807, 2.05) is 6.92 Å². The first-order valence-electron chi connectivity index (χ1n) is 11.4. The Morgan fingerprint density at radius 3 is 2.51 bits per heavy atom. The van der Waals surface area contributed by atoms with Gasteiger partial charge in [-0.2, -0.15) is 0 Å². The van der Waals surface area contributed by atoms with Gasteiger partial charge in [0.15, 0.2) is 0 Å². The van der Waals surface area contributed by atoms with Crippen molar-refractivity contribution in [2.75, 3.05) is 38.1 Å². The molecular weight excluding hydrogens is 475 g/mol. The topological polar surface area (TPSA) is 105 Å². The second-order valence-corrected chi connectivity index (χ2v) is 8.80. The van der Waals surface area contributed by atoms with Crippen LogP contribution in [0.3, 0.4) is 0 Å². The number of ether oxygens (including phenoxy) is 1. The summed E-state index contributed by atoms with van der Waals surface area (Å²) < 4.78 is 19.1. The highest BCUT2D eigenvalue weighted by Crippen LogP contribution is 2.38. The number of hydrogen-bond donors (Lipinski definition) is 2. The van der Waals surface area contributed by atoms with Gasteiger partial charge in [-0.25, -0.2) is 9.18 Å². The summed E-state index contributed by atoms with van der Waals surface area (Å²) in [7, 11) is 0. The molecule has 2 aromatic carbocycles. The van der Waals surface area contributed by atoms with Crippen LogP contribution in [0.1, 0.15) is 51.2 Å². The monoisotopic (exact) mass is 500 g/mol. The van der Waals surface area contributed by atoms with Gasteiger partial charge in [0.05, 0.1) is 18.2 Å². The molecule has 8 nitrogen and oxygen atoms in total. The van der Waals surface area contributed by atoms with Crippen molar-refractivity contribution < 1.29 is 23.5 Å². The Morgan fingerprint density at radius 1 is 1.11 bits per heavy atom. The third kappa shape index (κ3) is 5.24. The average molecular weight is 501 g/mol. The molecule has 0 spiro atoms. The van der Waals surface area contributed by atoms with Gasteiger partial charge in [0.25, 0.3) is 11.8 Å². The maximum absolute atomic E-state index is 13.9. The number of amides is 3. The van der Waals surface area contributed by atoms with Crippen LogP contribution in [0.15, 0.2) is 42.5 Å². The van der Waals surface area contributed by atoms with Crippen molar-refractivity contribution in [3.8, 4) is 0 Å². The molecule has 2 aliphatic rings. The largest absolute Gasteiger partial charge is 0.449 e. The van der Waals surface area contributed by atoms with Gasteiger partial charge < -0.3 is 25.6 Å². The number of rotatable bonds is 5. The summed E-state index contributed by atoms with van der Waals surface area (Å²) in [6, 6.07) is 8.88. The minimum absolute atomic E-state index is 0.156. The zero-order chi connectivity index (χ0) is 25.1. The highest BCUT2D eigenvalue weighted by atomic mass is 35.5. The first kappa shape index (κ1) is 24.5. The number of nitrogens with two attached hydrogens (primary N) is 1. The zero-order valence-electron chi connectivity index (χ0n) is 19.2. The number of carbonyl (C=O) groups is 3. The van der Waals surface area contributed by atoms with Gasteiger partial charge in [-0.3, -0.25) is 9.59 Å². The molecule has 2 heterocycles. The molecule has 1 fully saturated rings. The van der Waals surface area contributed by atoms with Crippen molar-refractivity contribution in [3.05, 3.63) is 70.5 Å². The van der Waals surface area contributed by atoms with Gasteiger partial charge in [-0.1, -0.05) is 30.7 Å². The molecule has 0 saturated carbocycles. The van der Waals surface area contributed by atoms with Gasteiger partial charge in [-0.05, 0) is 42.3 Å². The summed E-state index contributed by atoms with van der Waals surface area (Å²) in [5.41, 5.74) is 7.51. The van der Waals surface area contributed by atoms with Gasteiger partial charge in [0.2, 0.25) is 0 Å². The third-order valence-electron chi connectivity index (χ3n) is 6.02. The molecule has 3 N–H and O–H groups in total. The summed E-state index contributed by atoms with van der Waals surface area (Å²) in [6.07, 6.45) is 2.15. The Bertz CT molecular complexity index is 1190. The number of carbonyl (C=O) groups excluding carboxylic acids is 3. The predicted molar refractivity (Wildman–Crippen MR) is 131 cm³/mol. The Morgan fingerprint density at radius 2 is 1.83 bits per heavy atom. The smallest absolute Gasteiger partial charge is 0.409 e. The molecule has 0 radical (unpaired) electrons. The van der Waals surface area contributed by atoms with E-state index in [4.69, 9.17) is 22.1 Å². The number of halogens is 2. The first-order valence-corrected chi connectivity index (χ1v) is 11.7. The molecule has 1 unspecified atom stereocenters. The molecule has 0 aliphatic carbocycles. The maximum atomic E-state index is 13.9. The molecule has 0 bridgehead atoms. The normalized spacial score (nSPS) is 17.2. The number of primary amides is 1. The SMILES string of the molecule is CCCOC(=O)N1CCN(C(=O)c2ccc3c(c2)NC(c2ccc(F)c(C(N)=O)c2)C=C3Cl)CC1. The molecule has 1 atom stereocenters. The molecular formula is C25H26ClFN4O4. The van der Waals surface area contributed by atoms with E-state index in [1.54, 1.807) is 40.1 Å². The van der Waals surface area contributed by atoms with Crippen molar-refractivity contribution >= 4 is 40.2 Å². The highest BCUT2D eigenvalue weighted by molar-refractivity contribution is 6.49. The van der Waals surface area contributed by atoms with E-state index in [9.17, 15) is 18.8 Å². The zero-order valence-corrected chi connectivity index (χ0v) is 20.0. The Kier molecular flexibility index (Phi) is 7.25. The second-order valence-electron chi connectivity index (χ2n) is 8.39. The standard InChI is InChI=1S/C25H26ClFN4O4/c1-2-11-35-25(34)31-9-7-30(8-10-31)24(33)16-3-5-17-19(26)14-21(29-22(17)13-16)15-4-6-20(27)18(12-15)23(28)32/h3-6,12-14,21,29H,2,7-11H2,1H3,(H2,28,32). The lowest BCUT2D eigenvalue weighted by atomic mass is 9.96. The van der Waals surface area contributed by atoms with Crippen LogP contribution in [0, 0.1) is 5.82 Å². The van der Waals surface area contributed by atoms with E-state index in [0.29, 0.717) is 54.6 Å². The van der Waals surface area contributed by atoms with Crippen molar-refractivity contribution in [2.45, 2.75) is 19.4 Å². The fourth-order valence-electron chi connectivity index (χ4n) is 4.11. The fraction of sp³-hybridized carbons (Fsp3) is 0.320. The quantitative estimate of drug-likeness (QED) is 0.646. The minimum atomic E-state index is -0.859. The summed E-state index contributed by atoms with van der Waals surface area (Å²) in [5.74, 6) is -1.71. The predicted octanol–water partition coefficient (Wildman–Crippen LogP) is 3.98. The first-order chi connectivity index (χ1) is 16.8. The van der Waals surface area contributed by atoms with Crippen LogP contribution in [0.25, 0.3) is 5.03 Å². The lowest BCUT2D eigenvalue weighted by Gasteiger charge is -2.34. The van der Waals surface area contributed by atoms with E-state index in [1.165, 1.54) is 12.1 Å². The Balaban J connectivity index is 1.48. The number of fused-ring (bicyclic) bond motifs is 1. The minimum Gasteiger partial charge on any atom is -0.449 e. The molecule has 2 aliphatic heterocycles. The highest BCUT2D eigenvalue weighted by Gasteiger charge is 2.27. The van der Waals surface area contributed by atoms with E-state index < -0.39 is 17.8 Å². The van der Waals surface area contributed by atoms with E-state index in [-0.39, 0.29) is 17.6 Å². The van der Waals surface area contributed by atoms with Gasteiger partial charge in [0.1, 0.15) is 5.82 Å². The second kappa shape index (κ2) is 10.4. The average Bonchev–Trinajstić information content (AvgIpc) is 2.86. The summed E-state index contributed by atoms with van der Waals surface area (Å²) >= 11 is 6.50. The van der Waals surface area contributed by atoms with Crippen molar-refractivity contribution in [1.82, 2.24) is 9.80 Å². The molecule has 10 heteroatoms. The number of piperazine rings is 1. The molecule has 1 saturated heterocycles. The van der Waals surface area contributed by atoms with Gasteiger partial charge >= 0.3 is 6.09 Å². The number of nitrogens with zero attached hydrogens (tertiary/aromatic N) is 2. The van der Waals surface area contributed by atoms with Crippen LogP contribution in [0.2, 0.25) is 0 Å². The fourth-order valence-corrected chi connectivity index (χ4v) is 4.40.